The Kier molecular flexibility index (Phi) is 3.92. The van der Waals surface area contributed by atoms with Crippen molar-refractivity contribution < 1.29 is 4.39 Å². The second kappa shape index (κ2) is 5.85. The summed E-state index contributed by atoms with van der Waals surface area (Å²) in [5.41, 5.74) is 0.701. The van der Waals surface area contributed by atoms with Crippen LogP contribution in [-0.2, 0) is 0 Å². The highest BCUT2D eigenvalue weighted by Crippen LogP contribution is 2.25. The summed E-state index contributed by atoms with van der Waals surface area (Å²) in [7, 11) is 0. The Morgan fingerprint density at radius 1 is 1.19 bits per heavy atom. The third kappa shape index (κ3) is 3.24. The molecule has 0 aliphatic carbocycles. The number of anilines is 3. The predicted octanol–water partition coefficient (Wildman–Crippen LogP) is 3.92. The molecule has 0 atom stereocenters. The van der Waals surface area contributed by atoms with Crippen LogP contribution in [0.25, 0.3) is 0 Å². The summed E-state index contributed by atoms with van der Waals surface area (Å²) in [5.74, 6) is 1.89. The number of halogens is 2. The van der Waals surface area contributed by atoms with Crippen molar-refractivity contribution >= 4 is 28.9 Å². The van der Waals surface area contributed by atoms with E-state index in [0.717, 1.165) is 18.9 Å². The quantitative estimate of drug-likeness (QED) is 0.933. The molecule has 3 rings (SSSR count). The second-order valence-corrected chi connectivity index (χ2v) is 5.51. The number of rotatable bonds is 3. The summed E-state index contributed by atoms with van der Waals surface area (Å²) in [4.78, 5) is 11.1. The van der Waals surface area contributed by atoms with E-state index < -0.39 is 5.82 Å². The number of benzene rings is 1. The van der Waals surface area contributed by atoms with Crippen LogP contribution in [0.1, 0.15) is 18.7 Å². The maximum Gasteiger partial charge on any atom is 0.141 e. The summed E-state index contributed by atoms with van der Waals surface area (Å²) >= 11 is 5.79. The van der Waals surface area contributed by atoms with E-state index in [1.54, 1.807) is 12.1 Å². The number of aromatic nitrogens is 2. The van der Waals surface area contributed by atoms with Gasteiger partial charge in [-0.15, -0.1) is 0 Å². The van der Waals surface area contributed by atoms with Crippen molar-refractivity contribution in [3.05, 3.63) is 40.9 Å². The van der Waals surface area contributed by atoms with Crippen molar-refractivity contribution in [1.29, 1.82) is 0 Å². The first-order valence-corrected chi connectivity index (χ1v) is 7.32. The summed E-state index contributed by atoms with van der Waals surface area (Å²) in [6.45, 7) is 3.92. The van der Waals surface area contributed by atoms with Crippen molar-refractivity contribution in [2.45, 2.75) is 19.8 Å². The van der Waals surface area contributed by atoms with Gasteiger partial charge in [0.15, 0.2) is 0 Å². The molecule has 1 N–H and O–H groups in total. The molecule has 2 aromatic rings. The molecule has 0 saturated carbocycles. The van der Waals surface area contributed by atoms with E-state index in [2.05, 4.69) is 20.2 Å². The Bertz CT molecular complexity index is 656. The molecule has 1 fully saturated rings. The average molecular weight is 307 g/mol. The lowest BCUT2D eigenvalue weighted by Gasteiger charge is -2.17. The largest absolute Gasteiger partial charge is 0.356 e. The van der Waals surface area contributed by atoms with Crippen LogP contribution in [0.2, 0.25) is 5.02 Å². The first kappa shape index (κ1) is 14.1. The van der Waals surface area contributed by atoms with Gasteiger partial charge < -0.3 is 10.2 Å². The second-order valence-electron chi connectivity index (χ2n) is 5.11. The van der Waals surface area contributed by atoms with Gasteiger partial charge >= 0.3 is 0 Å². The van der Waals surface area contributed by atoms with Crippen LogP contribution in [0.15, 0.2) is 24.3 Å². The van der Waals surface area contributed by atoms with Crippen molar-refractivity contribution in [3.8, 4) is 0 Å². The molecule has 0 radical (unpaired) electrons. The van der Waals surface area contributed by atoms with Crippen LogP contribution >= 0.6 is 11.6 Å². The minimum atomic E-state index is -0.432. The average Bonchev–Trinajstić information content (AvgIpc) is 2.96. The molecule has 110 valence electrons. The fourth-order valence-corrected chi connectivity index (χ4v) is 2.63. The van der Waals surface area contributed by atoms with Crippen LogP contribution in [-0.4, -0.2) is 23.1 Å². The van der Waals surface area contributed by atoms with Crippen LogP contribution in [0, 0.1) is 12.7 Å². The van der Waals surface area contributed by atoms with E-state index >= 15 is 0 Å². The maximum absolute atomic E-state index is 13.2. The van der Waals surface area contributed by atoms with Crippen molar-refractivity contribution in [3.63, 3.8) is 0 Å². The van der Waals surface area contributed by atoms with Gasteiger partial charge in [-0.25, -0.2) is 14.4 Å². The monoisotopic (exact) mass is 306 g/mol. The van der Waals surface area contributed by atoms with Gasteiger partial charge in [0.2, 0.25) is 0 Å². The Morgan fingerprint density at radius 3 is 2.67 bits per heavy atom. The Hall–Kier alpha value is -1.88. The number of nitrogens with one attached hydrogen (secondary N) is 1. The zero-order valence-electron chi connectivity index (χ0n) is 11.7. The number of aryl methyl sites for hydroxylation is 1. The molecule has 1 aromatic heterocycles. The molecule has 6 heteroatoms. The smallest absolute Gasteiger partial charge is 0.141 e. The summed E-state index contributed by atoms with van der Waals surface area (Å²) < 4.78 is 13.2. The van der Waals surface area contributed by atoms with E-state index in [-0.39, 0.29) is 5.02 Å². The zero-order valence-corrected chi connectivity index (χ0v) is 12.5. The normalized spacial score (nSPS) is 14.5. The summed E-state index contributed by atoms with van der Waals surface area (Å²) in [6.07, 6.45) is 2.39. The maximum atomic E-state index is 13.2. The van der Waals surface area contributed by atoms with Crippen LogP contribution in [0.4, 0.5) is 21.7 Å². The first-order valence-electron chi connectivity index (χ1n) is 6.94. The van der Waals surface area contributed by atoms with Crippen LogP contribution < -0.4 is 10.2 Å². The summed E-state index contributed by atoms with van der Waals surface area (Å²) in [5, 5.41) is 3.24. The number of nitrogens with zero attached hydrogens (tertiary/aromatic N) is 3. The topological polar surface area (TPSA) is 41.1 Å². The Morgan fingerprint density at radius 2 is 1.95 bits per heavy atom. The first-order chi connectivity index (χ1) is 10.1. The highest BCUT2D eigenvalue weighted by atomic mass is 35.5. The molecular formula is C15H16ClFN4. The fraction of sp³-hybridized carbons (Fsp3) is 0.333. The fourth-order valence-electron chi connectivity index (χ4n) is 2.45. The molecular weight excluding hydrogens is 291 g/mol. The van der Waals surface area contributed by atoms with Gasteiger partial charge in [-0.3, -0.25) is 0 Å². The van der Waals surface area contributed by atoms with E-state index in [1.807, 2.05) is 13.0 Å². The molecule has 1 aliphatic heterocycles. The van der Waals surface area contributed by atoms with Gasteiger partial charge in [-0.05, 0) is 38.0 Å². The van der Waals surface area contributed by atoms with E-state index in [4.69, 9.17) is 11.6 Å². The molecule has 0 bridgehead atoms. The molecule has 21 heavy (non-hydrogen) atoms. The minimum Gasteiger partial charge on any atom is -0.356 e. The summed E-state index contributed by atoms with van der Waals surface area (Å²) in [6, 6.07) is 6.42. The van der Waals surface area contributed by atoms with E-state index in [0.29, 0.717) is 17.3 Å². The SMILES string of the molecule is Cc1nc(Nc2ccc(F)c(Cl)c2)cc(N2CCCC2)n1. The molecule has 1 aromatic carbocycles. The highest BCUT2D eigenvalue weighted by molar-refractivity contribution is 6.31. The lowest BCUT2D eigenvalue weighted by molar-refractivity contribution is 0.628. The van der Waals surface area contributed by atoms with Gasteiger partial charge in [0.25, 0.3) is 0 Å². The third-order valence-corrected chi connectivity index (χ3v) is 3.74. The molecule has 1 saturated heterocycles. The third-order valence-electron chi connectivity index (χ3n) is 3.45. The van der Waals surface area contributed by atoms with Crippen LogP contribution in [0.5, 0.6) is 0 Å². The number of hydrogen-bond acceptors (Lipinski definition) is 4. The minimum absolute atomic E-state index is 0.0885. The van der Waals surface area contributed by atoms with Gasteiger partial charge in [-0.1, -0.05) is 11.6 Å². The molecule has 0 amide bonds. The zero-order chi connectivity index (χ0) is 14.8. The number of hydrogen-bond donors (Lipinski definition) is 1. The van der Waals surface area contributed by atoms with Crippen LogP contribution in [0.3, 0.4) is 0 Å². The van der Waals surface area contributed by atoms with Crippen molar-refractivity contribution in [2.75, 3.05) is 23.3 Å². The van der Waals surface area contributed by atoms with Gasteiger partial charge in [-0.2, -0.15) is 0 Å². The Labute approximate surface area is 128 Å². The van der Waals surface area contributed by atoms with E-state index in [1.165, 1.54) is 18.9 Å². The predicted molar refractivity (Wildman–Crippen MR) is 82.9 cm³/mol. The molecule has 0 unspecified atom stereocenters. The molecule has 1 aliphatic rings. The van der Waals surface area contributed by atoms with Gasteiger partial charge in [0.05, 0.1) is 5.02 Å². The van der Waals surface area contributed by atoms with Gasteiger partial charge in [0, 0.05) is 24.8 Å². The lowest BCUT2D eigenvalue weighted by atomic mass is 10.3. The highest BCUT2D eigenvalue weighted by Gasteiger charge is 2.15. The molecule has 0 spiro atoms. The Balaban J connectivity index is 1.85. The lowest BCUT2D eigenvalue weighted by Crippen LogP contribution is -2.19. The van der Waals surface area contributed by atoms with Crippen molar-refractivity contribution in [2.24, 2.45) is 0 Å². The van der Waals surface area contributed by atoms with Gasteiger partial charge in [0.1, 0.15) is 23.3 Å². The molecule has 4 nitrogen and oxygen atoms in total. The molecule has 2 heterocycles. The van der Waals surface area contributed by atoms with Crippen molar-refractivity contribution in [1.82, 2.24) is 9.97 Å². The van der Waals surface area contributed by atoms with E-state index in [9.17, 15) is 4.39 Å². The standard InChI is InChI=1S/C15H16ClFN4/c1-10-18-14(9-15(19-10)21-6-2-3-7-21)20-11-4-5-13(17)12(16)8-11/h4-5,8-9H,2-3,6-7H2,1H3,(H,18,19,20).